The van der Waals surface area contributed by atoms with Crippen molar-refractivity contribution in [2.75, 3.05) is 20.1 Å². The average Bonchev–Trinajstić information content (AvgIpc) is 2.36. The van der Waals surface area contributed by atoms with Gasteiger partial charge in [-0.05, 0) is 5.56 Å². The predicted molar refractivity (Wildman–Crippen MR) is 68.6 cm³/mol. The van der Waals surface area contributed by atoms with Gasteiger partial charge in [-0.2, -0.15) is 12.7 Å². The highest BCUT2D eigenvalue weighted by atomic mass is 32.2. The second kappa shape index (κ2) is 6.11. The standard InChI is InChI=1S/C11H19N3O2S/c1-3-14(2)17(15,16)13-9-11(12)10-7-5-4-6-8-10/h4-8,11,13H,3,9,12H2,1-2H3. The molecule has 6 heteroatoms. The molecule has 0 radical (unpaired) electrons. The lowest BCUT2D eigenvalue weighted by Gasteiger charge is -2.18. The number of rotatable bonds is 6. The lowest BCUT2D eigenvalue weighted by atomic mass is 10.1. The molecule has 0 bridgehead atoms. The van der Waals surface area contributed by atoms with Crippen LogP contribution in [-0.2, 0) is 10.2 Å². The molecule has 1 atom stereocenters. The first-order chi connectivity index (χ1) is 7.97. The van der Waals surface area contributed by atoms with Gasteiger partial charge in [0.15, 0.2) is 0 Å². The van der Waals surface area contributed by atoms with Crippen LogP contribution in [0.15, 0.2) is 30.3 Å². The zero-order chi connectivity index (χ0) is 12.9. The van der Waals surface area contributed by atoms with Crippen LogP contribution in [0, 0.1) is 0 Å². The molecule has 17 heavy (non-hydrogen) atoms. The second-order valence-electron chi connectivity index (χ2n) is 3.78. The van der Waals surface area contributed by atoms with Crippen molar-refractivity contribution < 1.29 is 8.42 Å². The third-order valence-electron chi connectivity index (χ3n) is 2.57. The summed E-state index contributed by atoms with van der Waals surface area (Å²) in [6.45, 7) is 2.39. The van der Waals surface area contributed by atoms with Gasteiger partial charge in [-0.15, -0.1) is 0 Å². The fraction of sp³-hybridized carbons (Fsp3) is 0.455. The zero-order valence-electron chi connectivity index (χ0n) is 10.1. The Bertz CT molecular complexity index is 433. The first-order valence-corrected chi connectivity index (χ1v) is 6.93. The first-order valence-electron chi connectivity index (χ1n) is 5.49. The molecule has 0 amide bonds. The first kappa shape index (κ1) is 14.1. The summed E-state index contributed by atoms with van der Waals surface area (Å²) in [6.07, 6.45) is 0. The Morgan fingerprint density at radius 1 is 1.35 bits per heavy atom. The van der Waals surface area contributed by atoms with Crippen molar-refractivity contribution in [2.45, 2.75) is 13.0 Å². The van der Waals surface area contributed by atoms with Gasteiger partial charge < -0.3 is 5.73 Å². The van der Waals surface area contributed by atoms with Gasteiger partial charge in [0.05, 0.1) is 0 Å². The monoisotopic (exact) mass is 257 g/mol. The average molecular weight is 257 g/mol. The Hall–Kier alpha value is -0.950. The molecule has 0 aliphatic carbocycles. The SMILES string of the molecule is CCN(C)S(=O)(=O)NCC(N)c1ccccc1. The van der Waals surface area contributed by atoms with E-state index in [9.17, 15) is 8.42 Å². The maximum absolute atomic E-state index is 11.7. The highest BCUT2D eigenvalue weighted by Crippen LogP contribution is 2.08. The van der Waals surface area contributed by atoms with Crippen LogP contribution in [0.5, 0.6) is 0 Å². The molecule has 0 saturated carbocycles. The zero-order valence-corrected chi connectivity index (χ0v) is 10.9. The van der Waals surface area contributed by atoms with E-state index in [1.54, 1.807) is 6.92 Å². The largest absolute Gasteiger partial charge is 0.323 e. The minimum Gasteiger partial charge on any atom is -0.323 e. The van der Waals surface area contributed by atoms with Gasteiger partial charge >= 0.3 is 0 Å². The number of nitrogens with zero attached hydrogens (tertiary/aromatic N) is 1. The highest BCUT2D eigenvalue weighted by Gasteiger charge is 2.16. The van der Waals surface area contributed by atoms with Crippen LogP contribution in [0.4, 0.5) is 0 Å². The highest BCUT2D eigenvalue weighted by molar-refractivity contribution is 7.87. The number of nitrogens with two attached hydrogens (primary N) is 1. The van der Waals surface area contributed by atoms with Gasteiger partial charge in [0.2, 0.25) is 0 Å². The lowest BCUT2D eigenvalue weighted by molar-refractivity contribution is 0.470. The molecule has 0 aromatic heterocycles. The summed E-state index contributed by atoms with van der Waals surface area (Å²) in [5, 5.41) is 0. The van der Waals surface area contributed by atoms with Crippen LogP contribution >= 0.6 is 0 Å². The van der Waals surface area contributed by atoms with Crippen molar-refractivity contribution in [1.29, 1.82) is 0 Å². The molecule has 5 nitrogen and oxygen atoms in total. The van der Waals surface area contributed by atoms with Crippen LogP contribution in [0.2, 0.25) is 0 Å². The van der Waals surface area contributed by atoms with E-state index in [4.69, 9.17) is 5.73 Å². The molecule has 0 aliphatic rings. The normalized spacial score (nSPS) is 13.9. The quantitative estimate of drug-likeness (QED) is 0.778. The summed E-state index contributed by atoms with van der Waals surface area (Å²) >= 11 is 0. The van der Waals surface area contributed by atoms with Crippen molar-refractivity contribution in [3.8, 4) is 0 Å². The van der Waals surface area contributed by atoms with E-state index in [-0.39, 0.29) is 12.6 Å². The Morgan fingerprint density at radius 3 is 2.47 bits per heavy atom. The minimum atomic E-state index is -3.41. The Kier molecular flexibility index (Phi) is 5.07. The second-order valence-corrected chi connectivity index (χ2v) is 5.65. The summed E-state index contributed by atoms with van der Waals surface area (Å²) in [5.74, 6) is 0. The molecule has 0 heterocycles. The van der Waals surface area contributed by atoms with E-state index in [0.29, 0.717) is 6.54 Å². The van der Waals surface area contributed by atoms with E-state index < -0.39 is 10.2 Å². The Labute approximate surface area is 103 Å². The Morgan fingerprint density at radius 2 is 1.94 bits per heavy atom. The fourth-order valence-electron chi connectivity index (χ4n) is 1.29. The number of nitrogens with one attached hydrogen (secondary N) is 1. The van der Waals surface area contributed by atoms with E-state index in [2.05, 4.69) is 4.72 Å². The van der Waals surface area contributed by atoms with Crippen molar-refractivity contribution >= 4 is 10.2 Å². The minimum absolute atomic E-state index is 0.191. The van der Waals surface area contributed by atoms with Crippen LogP contribution in [0.1, 0.15) is 18.5 Å². The fourth-order valence-corrected chi connectivity index (χ4v) is 2.24. The van der Waals surface area contributed by atoms with Gasteiger partial charge in [0.1, 0.15) is 0 Å². The Balaban J connectivity index is 2.57. The van der Waals surface area contributed by atoms with E-state index >= 15 is 0 Å². The van der Waals surface area contributed by atoms with Gasteiger partial charge in [0, 0.05) is 26.2 Å². The predicted octanol–water partition coefficient (Wildman–Crippen LogP) is 0.473. The summed E-state index contributed by atoms with van der Waals surface area (Å²) in [6, 6.07) is 9.07. The van der Waals surface area contributed by atoms with Crippen LogP contribution < -0.4 is 10.5 Å². The smallest absolute Gasteiger partial charge is 0.279 e. The molecular formula is C11H19N3O2S. The molecule has 0 saturated heterocycles. The van der Waals surface area contributed by atoms with Crippen molar-refractivity contribution in [1.82, 2.24) is 9.03 Å². The van der Waals surface area contributed by atoms with Gasteiger partial charge in [-0.3, -0.25) is 0 Å². The van der Waals surface area contributed by atoms with E-state index in [0.717, 1.165) is 5.56 Å². The molecule has 1 aromatic carbocycles. The maximum atomic E-state index is 11.7. The molecule has 1 aromatic rings. The molecule has 96 valence electrons. The molecular weight excluding hydrogens is 238 g/mol. The topological polar surface area (TPSA) is 75.4 Å². The molecule has 1 unspecified atom stereocenters. The van der Waals surface area contributed by atoms with Crippen LogP contribution in [0.3, 0.4) is 0 Å². The third-order valence-corrected chi connectivity index (χ3v) is 4.18. The van der Waals surface area contributed by atoms with Crippen molar-refractivity contribution in [3.63, 3.8) is 0 Å². The summed E-state index contributed by atoms with van der Waals surface area (Å²) in [5.41, 5.74) is 6.81. The summed E-state index contributed by atoms with van der Waals surface area (Å²) < 4.78 is 27.0. The van der Waals surface area contributed by atoms with Crippen LogP contribution in [-0.4, -0.2) is 32.9 Å². The summed E-state index contributed by atoms with van der Waals surface area (Å²) in [7, 11) is -1.89. The number of benzene rings is 1. The number of hydrogen-bond acceptors (Lipinski definition) is 3. The molecule has 3 N–H and O–H groups in total. The lowest BCUT2D eigenvalue weighted by Crippen LogP contribution is -2.41. The molecule has 1 rings (SSSR count). The number of hydrogen-bond donors (Lipinski definition) is 2. The van der Waals surface area contributed by atoms with Gasteiger partial charge in [-0.25, -0.2) is 4.72 Å². The van der Waals surface area contributed by atoms with Gasteiger partial charge in [0.25, 0.3) is 10.2 Å². The maximum Gasteiger partial charge on any atom is 0.279 e. The molecule has 0 aliphatic heterocycles. The van der Waals surface area contributed by atoms with Crippen LogP contribution in [0.25, 0.3) is 0 Å². The molecule has 0 spiro atoms. The van der Waals surface area contributed by atoms with E-state index in [1.165, 1.54) is 11.4 Å². The molecule has 0 fully saturated rings. The van der Waals surface area contributed by atoms with E-state index in [1.807, 2.05) is 30.3 Å². The summed E-state index contributed by atoms with van der Waals surface area (Å²) in [4.78, 5) is 0. The van der Waals surface area contributed by atoms with Crippen molar-refractivity contribution in [3.05, 3.63) is 35.9 Å². The third kappa shape index (κ3) is 4.08. The van der Waals surface area contributed by atoms with Crippen molar-refractivity contribution in [2.24, 2.45) is 5.73 Å². The van der Waals surface area contributed by atoms with Gasteiger partial charge in [-0.1, -0.05) is 37.3 Å².